The lowest BCUT2D eigenvalue weighted by Crippen LogP contribution is -2.31. The number of amides is 2. The highest BCUT2D eigenvalue weighted by molar-refractivity contribution is 7.89. The summed E-state index contributed by atoms with van der Waals surface area (Å²) in [5.74, 6) is -1.64. The molecule has 0 bridgehead atoms. The molecule has 0 fully saturated rings. The number of nitrogens with one attached hydrogen (secondary N) is 1. The molecule has 9 nitrogen and oxygen atoms in total. The van der Waals surface area contributed by atoms with Crippen LogP contribution in [0.3, 0.4) is 0 Å². The maximum absolute atomic E-state index is 13.1. The Morgan fingerprint density at radius 2 is 1.74 bits per heavy atom. The number of aryl methyl sites for hydroxylation is 1. The van der Waals surface area contributed by atoms with E-state index in [-0.39, 0.29) is 37.4 Å². The zero-order chi connectivity index (χ0) is 28.2. The third-order valence-electron chi connectivity index (χ3n) is 5.41. The summed E-state index contributed by atoms with van der Waals surface area (Å²) in [6.45, 7) is 2.25. The molecule has 0 atom stereocenters. The van der Waals surface area contributed by atoms with Crippen molar-refractivity contribution in [2.24, 2.45) is 0 Å². The van der Waals surface area contributed by atoms with Crippen LogP contribution in [0.4, 0.5) is 5.69 Å². The van der Waals surface area contributed by atoms with Gasteiger partial charge in [-0.05, 0) is 67.1 Å². The minimum Gasteiger partial charge on any atom is -0.483 e. The maximum Gasteiger partial charge on any atom is 0.266 e. The van der Waals surface area contributed by atoms with Gasteiger partial charge in [0.15, 0.2) is 12.4 Å². The SMILES string of the molecule is CC(=O)N(C)S(=O)(=O)c1ccc(NC(=O)COc2ccc(Cl)cc2C(=O)c2cc(Cl)cc(C#N)c2)c(C)c1. The van der Waals surface area contributed by atoms with Crippen molar-refractivity contribution < 1.29 is 27.5 Å². The molecule has 0 spiro atoms. The monoisotopic (exact) mass is 573 g/mol. The van der Waals surface area contributed by atoms with Gasteiger partial charge in [-0.15, -0.1) is 0 Å². The van der Waals surface area contributed by atoms with Crippen molar-refractivity contribution in [1.29, 1.82) is 5.26 Å². The van der Waals surface area contributed by atoms with Crippen molar-refractivity contribution in [2.45, 2.75) is 18.7 Å². The highest BCUT2D eigenvalue weighted by Crippen LogP contribution is 2.28. The van der Waals surface area contributed by atoms with E-state index in [4.69, 9.17) is 33.2 Å². The Morgan fingerprint density at radius 3 is 2.37 bits per heavy atom. The second-order valence-electron chi connectivity index (χ2n) is 8.12. The topological polar surface area (TPSA) is 134 Å². The van der Waals surface area contributed by atoms with Gasteiger partial charge in [-0.2, -0.15) is 5.26 Å². The van der Waals surface area contributed by atoms with E-state index in [1.54, 1.807) is 6.92 Å². The summed E-state index contributed by atoms with van der Waals surface area (Å²) in [6, 6.07) is 14.5. The largest absolute Gasteiger partial charge is 0.483 e. The Labute approximate surface area is 229 Å². The third-order valence-corrected chi connectivity index (χ3v) is 7.69. The van der Waals surface area contributed by atoms with Crippen molar-refractivity contribution in [1.82, 2.24) is 4.31 Å². The molecule has 12 heteroatoms. The fraction of sp³-hybridized carbons (Fsp3) is 0.154. The number of sulfonamides is 1. The fourth-order valence-corrected chi connectivity index (χ4v) is 4.97. The Morgan fingerprint density at radius 1 is 1.03 bits per heavy atom. The Kier molecular flexibility index (Phi) is 8.78. The number of halogens is 2. The normalized spacial score (nSPS) is 10.8. The van der Waals surface area contributed by atoms with Crippen molar-refractivity contribution in [3.63, 3.8) is 0 Å². The Balaban J connectivity index is 1.77. The van der Waals surface area contributed by atoms with E-state index < -0.39 is 34.2 Å². The lowest BCUT2D eigenvalue weighted by atomic mass is 10.0. The molecule has 0 aliphatic rings. The Bertz CT molecular complexity index is 1600. The van der Waals surface area contributed by atoms with Crippen LogP contribution < -0.4 is 10.1 Å². The zero-order valence-electron chi connectivity index (χ0n) is 20.4. The van der Waals surface area contributed by atoms with Gasteiger partial charge in [-0.1, -0.05) is 23.2 Å². The van der Waals surface area contributed by atoms with E-state index in [9.17, 15) is 22.8 Å². The highest BCUT2D eigenvalue weighted by Gasteiger charge is 2.24. The lowest BCUT2D eigenvalue weighted by molar-refractivity contribution is -0.123. The summed E-state index contributed by atoms with van der Waals surface area (Å²) >= 11 is 12.1. The lowest BCUT2D eigenvalue weighted by Gasteiger charge is -2.17. The predicted molar refractivity (Wildman–Crippen MR) is 142 cm³/mol. The van der Waals surface area contributed by atoms with Crippen LogP contribution in [0, 0.1) is 18.3 Å². The van der Waals surface area contributed by atoms with Crippen LogP contribution in [0.1, 0.15) is 34.0 Å². The van der Waals surface area contributed by atoms with Crippen molar-refractivity contribution in [3.05, 3.63) is 86.9 Å². The van der Waals surface area contributed by atoms with Gasteiger partial charge < -0.3 is 10.1 Å². The van der Waals surface area contributed by atoms with E-state index in [2.05, 4.69) is 5.32 Å². The molecule has 196 valence electrons. The summed E-state index contributed by atoms with van der Waals surface area (Å²) in [7, 11) is -2.86. The quantitative estimate of drug-likeness (QED) is 0.389. The molecule has 0 aliphatic heterocycles. The van der Waals surface area contributed by atoms with Gasteiger partial charge >= 0.3 is 0 Å². The molecular weight excluding hydrogens is 553 g/mol. The van der Waals surface area contributed by atoms with Gasteiger partial charge in [0.2, 0.25) is 5.91 Å². The van der Waals surface area contributed by atoms with E-state index in [0.717, 1.165) is 14.0 Å². The summed E-state index contributed by atoms with van der Waals surface area (Å²) < 4.78 is 31.3. The standard InChI is InChI=1S/C26H21Cl2N3O6S/c1-15-8-21(38(35,36)31(3)16(2)32)5-6-23(15)30-25(33)14-37-24-7-4-19(27)12-22(24)26(34)18-9-17(13-29)10-20(28)11-18/h4-12H,14H2,1-3H3,(H,30,33). The van der Waals surface area contributed by atoms with Gasteiger partial charge in [-0.25, -0.2) is 12.7 Å². The maximum atomic E-state index is 13.1. The third kappa shape index (κ3) is 6.50. The minimum absolute atomic E-state index is 0.0665. The molecule has 3 rings (SSSR count). The van der Waals surface area contributed by atoms with Gasteiger partial charge in [0.25, 0.3) is 15.9 Å². The van der Waals surface area contributed by atoms with E-state index in [0.29, 0.717) is 15.6 Å². The predicted octanol–water partition coefficient (Wildman–Crippen LogP) is 4.59. The van der Waals surface area contributed by atoms with Crippen molar-refractivity contribution in [3.8, 4) is 11.8 Å². The van der Waals surface area contributed by atoms with Gasteiger partial charge in [0.1, 0.15) is 5.75 Å². The molecule has 0 saturated heterocycles. The Hall–Kier alpha value is -3.91. The number of ketones is 1. The molecule has 1 N–H and O–H groups in total. The molecule has 3 aromatic rings. The summed E-state index contributed by atoms with van der Waals surface area (Å²) in [6.07, 6.45) is 0. The number of nitrogens with zero attached hydrogens (tertiary/aromatic N) is 2. The van der Waals surface area contributed by atoms with Gasteiger partial charge in [-0.3, -0.25) is 14.4 Å². The number of benzene rings is 3. The van der Waals surface area contributed by atoms with E-state index in [1.807, 2.05) is 6.07 Å². The number of carbonyl (C=O) groups excluding carboxylic acids is 3. The number of ether oxygens (including phenoxy) is 1. The number of carbonyl (C=O) groups is 3. The van der Waals surface area contributed by atoms with Crippen LogP contribution in [-0.4, -0.2) is 44.0 Å². The zero-order valence-corrected chi connectivity index (χ0v) is 22.7. The molecule has 0 unspecified atom stereocenters. The van der Waals surface area contributed by atoms with Crippen LogP contribution in [0.5, 0.6) is 5.75 Å². The first kappa shape index (κ1) is 28.7. The minimum atomic E-state index is -4.02. The highest BCUT2D eigenvalue weighted by atomic mass is 35.5. The number of nitriles is 1. The summed E-state index contributed by atoms with van der Waals surface area (Å²) in [4.78, 5) is 37.1. The fourth-order valence-electron chi connectivity index (χ4n) is 3.34. The molecule has 3 aromatic carbocycles. The second kappa shape index (κ2) is 11.6. The van der Waals surface area contributed by atoms with Crippen LogP contribution in [-0.2, 0) is 19.6 Å². The smallest absolute Gasteiger partial charge is 0.266 e. The van der Waals surface area contributed by atoms with Crippen LogP contribution in [0.25, 0.3) is 0 Å². The first-order valence-electron chi connectivity index (χ1n) is 10.9. The van der Waals surface area contributed by atoms with Crippen molar-refractivity contribution in [2.75, 3.05) is 19.0 Å². The van der Waals surface area contributed by atoms with Crippen molar-refractivity contribution >= 4 is 56.5 Å². The van der Waals surface area contributed by atoms with E-state index in [1.165, 1.54) is 54.6 Å². The molecule has 0 radical (unpaired) electrons. The van der Waals surface area contributed by atoms with E-state index >= 15 is 0 Å². The van der Waals surface area contributed by atoms with Crippen LogP contribution in [0.15, 0.2) is 59.5 Å². The molecule has 0 heterocycles. The molecule has 38 heavy (non-hydrogen) atoms. The average Bonchev–Trinajstić information content (AvgIpc) is 2.87. The van der Waals surface area contributed by atoms with Crippen LogP contribution >= 0.6 is 23.2 Å². The van der Waals surface area contributed by atoms with Crippen LogP contribution in [0.2, 0.25) is 10.0 Å². The van der Waals surface area contributed by atoms with Gasteiger partial charge in [0, 0.05) is 35.3 Å². The average molecular weight is 574 g/mol. The number of rotatable bonds is 8. The number of hydrogen-bond donors (Lipinski definition) is 1. The molecule has 0 saturated carbocycles. The first-order valence-corrected chi connectivity index (χ1v) is 13.1. The summed E-state index contributed by atoms with van der Waals surface area (Å²) in [5.41, 5.74) is 1.18. The first-order chi connectivity index (χ1) is 17.8. The molecular formula is C26H21Cl2N3O6S. The second-order valence-corrected chi connectivity index (χ2v) is 11.0. The molecule has 0 aromatic heterocycles. The molecule has 2 amide bonds. The number of hydrogen-bond acceptors (Lipinski definition) is 7. The summed E-state index contributed by atoms with van der Waals surface area (Å²) in [5, 5.41) is 12.3. The van der Waals surface area contributed by atoms with Gasteiger partial charge in [0.05, 0.1) is 22.1 Å². The number of anilines is 1. The molecule has 0 aliphatic carbocycles.